The summed E-state index contributed by atoms with van der Waals surface area (Å²) in [7, 11) is -3.03. The van der Waals surface area contributed by atoms with Gasteiger partial charge < -0.3 is 4.90 Å². The third kappa shape index (κ3) is 4.33. The maximum atomic E-state index is 12.7. The highest BCUT2D eigenvalue weighted by molar-refractivity contribution is 7.91. The van der Waals surface area contributed by atoms with E-state index in [1.54, 1.807) is 22.3 Å². The van der Waals surface area contributed by atoms with Gasteiger partial charge in [0.25, 0.3) is 0 Å². The SMILES string of the molecule is O=C(/C=C/c1ccccc1)N(Cc1cccs1)[C@H]1CCS(=O)(=O)C1. The molecule has 1 aromatic carbocycles. The van der Waals surface area contributed by atoms with Crippen molar-refractivity contribution in [2.75, 3.05) is 11.5 Å². The minimum absolute atomic E-state index is 0.0588. The molecular weight excluding hydrogens is 342 g/mol. The zero-order valence-corrected chi connectivity index (χ0v) is 14.8. The first kappa shape index (κ1) is 16.9. The molecule has 24 heavy (non-hydrogen) atoms. The van der Waals surface area contributed by atoms with E-state index in [0.717, 1.165) is 10.4 Å². The highest BCUT2D eigenvalue weighted by atomic mass is 32.2. The van der Waals surface area contributed by atoms with Crippen LogP contribution in [-0.2, 0) is 21.2 Å². The average Bonchev–Trinajstić information content (AvgIpc) is 3.20. The highest BCUT2D eigenvalue weighted by Crippen LogP contribution is 2.22. The molecule has 1 aliphatic heterocycles. The predicted molar refractivity (Wildman–Crippen MR) is 97.4 cm³/mol. The quantitative estimate of drug-likeness (QED) is 0.770. The van der Waals surface area contributed by atoms with Crippen LogP contribution < -0.4 is 0 Å². The molecule has 0 aliphatic carbocycles. The van der Waals surface area contributed by atoms with Crippen LogP contribution >= 0.6 is 11.3 Å². The van der Waals surface area contributed by atoms with Gasteiger partial charge in [-0.05, 0) is 29.5 Å². The Hall–Kier alpha value is -1.92. The van der Waals surface area contributed by atoms with Crippen LogP contribution in [0.25, 0.3) is 6.08 Å². The number of hydrogen-bond donors (Lipinski definition) is 0. The molecule has 0 spiro atoms. The van der Waals surface area contributed by atoms with Crippen LogP contribution in [0.3, 0.4) is 0 Å². The molecular formula is C18H19NO3S2. The lowest BCUT2D eigenvalue weighted by Gasteiger charge is -2.26. The van der Waals surface area contributed by atoms with Gasteiger partial charge in [-0.15, -0.1) is 11.3 Å². The van der Waals surface area contributed by atoms with Crippen LogP contribution in [0.5, 0.6) is 0 Å². The zero-order valence-electron chi connectivity index (χ0n) is 13.2. The molecule has 0 saturated carbocycles. The summed E-state index contributed by atoms with van der Waals surface area (Å²) in [6.07, 6.45) is 3.82. The van der Waals surface area contributed by atoms with Gasteiger partial charge in [0.15, 0.2) is 9.84 Å². The molecule has 1 amide bonds. The largest absolute Gasteiger partial charge is 0.330 e. The molecule has 1 aromatic heterocycles. The fraction of sp³-hybridized carbons (Fsp3) is 0.278. The minimum atomic E-state index is -3.03. The number of hydrogen-bond acceptors (Lipinski definition) is 4. The van der Waals surface area contributed by atoms with Gasteiger partial charge >= 0.3 is 0 Å². The highest BCUT2D eigenvalue weighted by Gasteiger charge is 2.34. The second-order valence-corrected chi connectivity index (χ2v) is 9.11. The topological polar surface area (TPSA) is 54.5 Å². The smallest absolute Gasteiger partial charge is 0.247 e. The molecule has 0 radical (unpaired) electrons. The second-order valence-electron chi connectivity index (χ2n) is 5.85. The van der Waals surface area contributed by atoms with Crippen LogP contribution in [0.4, 0.5) is 0 Å². The van der Waals surface area contributed by atoms with E-state index in [1.807, 2.05) is 47.8 Å². The van der Waals surface area contributed by atoms with Crippen LogP contribution in [-0.4, -0.2) is 36.8 Å². The first-order chi connectivity index (χ1) is 11.5. The van der Waals surface area contributed by atoms with E-state index in [1.165, 1.54) is 6.08 Å². The predicted octanol–water partition coefficient (Wildman–Crippen LogP) is 2.98. The zero-order chi connectivity index (χ0) is 17.0. The van der Waals surface area contributed by atoms with Crippen molar-refractivity contribution in [1.82, 2.24) is 4.90 Å². The Balaban J connectivity index is 1.78. The number of benzene rings is 1. The minimum Gasteiger partial charge on any atom is -0.330 e. The van der Waals surface area contributed by atoms with Crippen LogP contribution in [0.2, 0.25) is 0 Å². The summed E-state index contributed by atoms with van der Waals surface area (Å²) < 4.78 is 23.6. The second kappa shape index (κ2) is 7.32. The number of carbonyl (C=O) groups is 1. The number of carbonyl (C=O) groups excluding carboxylic acids is 1. The summed E-state index contributed by atoms with van der Waals surface area (Å²) in [5, 5.41) is 1.96. The van der Waals surface area contributed by atoms with Crippen LogP contribution in [0.1, 0.15) is 16.9 Å². The van der Waals surface area contributed by atoms with Crippen molar-refractivity contribution in [3.8, 4) is 0 Å². The Bertz CT molecular complexity index is 811. The molecule has 2 heterocycles. The monoisotopic (exact) mass is 361 g/mol. The Morgan fingerprint density at radius 3 is 2.62 bits per heavy atom. The molecule has 0 N–H and O–H groups in total. The maximum absolute atomic E-state index is 12.7. The van der Waals surface area contributed by atoms with Gasteiger partial charge in [0.1, 0.15) is 0 Å². The van der Waals surface area contributed by atoms with Gasteiger partial charge in [0, 0.05) is 17.0 Å². The van der Waals surface area contributed by atoms with Crippen molar-refractivity contribution >= 4 is 33.2 Å². The van der Waals surface area contributed by atoms with Gasteiger partial charge in [-0.2, -0.15) is 0 Å². The van der Waals surface area contributed by atoms with Gasteiger partial charge in [-0.25, -0.2) is 8.42 Å². The fourth-order valence-corrected chi connectivity index (χ4v) is 5.24. The molecule has 0 bridgehead atoms. The summed E-state index contributed by atoms with van der Waals surface area (Å²) in [5.41, 5.74) is 0.945. The number of amides is 1. The standard InChI is InChI=1S/C18H19NO3S2/c20-18(9-8-15-5-2-1-3-6-15)19(13-17-7-4-11-23-17)16-10-12-24(21,22)14-16/h1-9,11,16H,10,12-14H2/b9-8+/t16-/m0/s1. The van der Waals surface area contributed by atoms with E-state index in [2.05, 4.69) is 0 Å². The maximum Gasteiger partial charge on any atom is 0.247 e. The van der Waals surface area contributed by atoms with E-state index in [9.17, 15) is 13.2 Å². The third-order valence-electron chi connectivity index (χ3n) is 4.06. The van der Waals surface area contributed by atoms with E-state index in [0.29, 0.717) is 13.0 Å². The van der Waals surface area contributed by atoms with E-state index < -0.39 is 9.84 Å². The lowest BCUT2D eigenvalue weighted by Crippen LogP contribution is -2.39. The van der Waals surface area contributed by atoms with E-state index >= 15 is 0 Å². The van der Waals surface area contributed by atoms with Gasteiger partial charge in [0.2, 0.25) is 5.91 Å². The summed E-state index contributed by atoms with van der Waals surface area (Å²) in [5.74, 6) is 0.0757. The molecule has 1 atom stereocenters. The van der Waals surface area contributed by atoms with Gasteiger partial charge in [0.05, 0.1) is 18.1 Å². The Labute approximate surface area is 146 Å². The molecule has 4 nitrogen and oxygen atoms in total. The summed E-state index contributed by atoms with van der Waals surface area (Å²) in [6.45, 7) is 0.454. The first-order valence-corrected chi connectivity index (χ1v) is 10.5. The molecule has 126 valence electrons. The Morgan fingerprint density at radius 1 is 1.21 bits per heavy atom. The third-order valence-corrected chi connectivity index (χ3v) is 6.67. The number of nitrogens with zero attached hydrogens (tertiary/aromatic N) is 1. The van der Waals surface area contributed by atoms with Crippen molar-refractivity contribution in [3.05, 3.63) is 64.4 Å². The molecule has 0 unspecified atom stereocenters. The van der Waals surface area contributed by atoms with Crippen LogP contribution in [0, 0.1) is 0 Å². The first-order valence-electron chi connectivity index (χ1n) is 7.80. The van der Waals surface area contributed by atoms with E-state index in [-0.39, 0.29) is 23.5 Å². The van der Waals surface area contributed by atoms with Crippen molar-refractivity contribution in [2.45, 2.75) is 19.0 Å². The average molecular weight is 361 g/mol. The lowest BCUT2D eigenvalue weighted by atomic mass is 10.2. The molecule has 2 aromatic rings. The van der Waals surface area contributed by atoms with Crippen molar-refractivity contribution < 1.29 is 13.2 Å². The Kier molecular flexibility index (Phi) is 5.16. The molecule has 6 heteroatoms. The van der Waals surface area contributed by atoms with Gasteiger partial charge in [-0.1, -0.05) is 36.4 Å². The summed E-state index contributed by atoms with van der Waals surface area (Å²) in [6, 6.07) is 13.3. The van der Waals surface area contributed by atoms with Crippen LogP contribution in [0.15, 0.2) is 53.9 Å². The van der Waals surface area contributed by atoms with Crippen molar-refractivity contribution in [1.29, 1.82) is 0 Å². The molecule has 3 rings (SSSR count). The van der Waals surface area contributed by atoms with E-state index in [4.69, 9.17) is 0 Å². The van der Waals surface area contributed by atoms with Crippen molar-refractivity contribution in [2.24, 2.45) is 0 Å². The lowest BCUT2D eigenvalue weighted by molar-refractivity contribution is -0.128. The number of sulfone groups is 1. The molecule has 1 saturated heterocycles. The molecule has 1 aliphatic rings. The van der Waals surface area contributed by atoms with Crippen molar-refractivity contribution in [3.63, 3.8) is 0 Å². The number of rotatable bonds is 5. The summed E-state index contributed by atoms with van der Waals surface area (Å²) in [4.78, 5) is 15.4. The summed E-state index contributed by atoms with van der Waals surface area (Å²) >= 11 is 1.57. The van der Waals surface area contributed by atoms with Gasteiger partial charge in [-0.3, -0.25) is 4.79 Å². The normalized spacial score (nSPS) is 19.6. The fourth-order valence-electron chi connectivity index (χ4n) is 2.81. The Morgan fingerprint density at radius 2 is 2.00 bits per heavy atom. The molecule has 1 fully saturated rings. The number of thiophene rings is 1.